The molecule has 28 heavy (non-hydrogen) atoms. The fourth-order valence-corrected chi connectivity index (χ4v) is 3.85. The van der Waals surface area contributed by atoms with Crippen LogP contribution in [0.5, 0.6) is 0 Å². The van der Waals surface area contributed by atoms with Crippen LogP contribution in [-0.2, 0) is 26.1 Å². The minimum Gasteiger partial charge on any atom is -0.466 e. The Morgan fingerprint density at radius 2 is 2.04 bits per heavy atom. The zero-order chi connectivity index (χ0) is 20.6. The first kappa shape index (κ1) is 20.8. The second-order valence-corrected chi connectivity index (χ2v) is 8.18. The van der Waals surface area contributed by atoms with Crippen molar-refractivity contribution in [1.29, 1.82) is 0 Å². The molecule has 3 rings (SSSR count). The summed E-state index contributed by atoms with van der Waals surface area (Å²) in [4.78, 5) is 27.2. The number of rotatable bonds is 7. The summed E-state index contributed by atoms with van der Waals surface area (Å²) in [6.07, 6.45) is 0.553. The van der Waals surface area contributed by atoms with E-state index in [-0.39, 0.29) is 29.8 Å². The largest absolute Gasteiger partial charge is 0.466 e. The van der Waals surface area contributed by atoms with Gasteiger partial charge in [-0.25, -0.2) is 0 Å². The molecule has 1 aliphatic heterocycles. The van der Waals surface area contributed by atoms with Crippen LogP contribution >= 0.6 is 0 Å². The Kier molecular flexibility index (Phi) is 5.82. The lowest BCUT2D eigenvalue weighted by atomic mass is 10.1. The molecular formula is C20H31N3O5. The lowest BCUT2D eigenvalue weighted by Crippen LogP contribution is -2.41. The third kappa shape index (κ3) is 4.38. The molecule has 1 saturated carbocycles. The summed E-state index contributed by atoms with van der Waals surface area (Å²) in [5.41, 5.74) is 2.15. The summed E-state index contributed by atoms with van der Waals surface area (Å²) < 4.78 is 18.4. The van der Waals surface area contributed by atoms with Gasteiger partial charge in [0.15, 0.2) is 5.79 Å². The van der Waals surface area contributed by atoms with Crippen molar-refractivity contribution in [3.05, 3.63) is 17.0 Å². The second-order valence-electron chi connectivity index (χ2n) is 8.18. The molecule has 1 aromatic rings. The summed E-state index contributed by atoms with van der Waals surface area (Å²) in [6, 6.07) is 0. The highest BCUT2D eigenvalue weighted by atomic mass is 16.7. The summed E-state index contributed by atoms with van der Waals surface area (Å²) in [7, 11) is 1.83. The van der Waals surface area contributed by atoms with Crippen LogP contribution in [0.1, 0.15) is 48.9 Å². The summed E-state index contributed by atoms with van der Waals surface area (Å²) >= 11 is 0. The number of carbonyl (C=O) groups excluding carboxylic acids is 2. The molecule has 1 saturated heterocycles. The predicted octanol–water partition coefficient (Wildman–Crippen LogP) is 1.83. The highest BCUT2D eigenvalue weighted by Gasteiger charge is 2.46. The molecule has 1 aromatic heterocycles. The fraction of sp³-hybridized carbons (Fsp3) is 0.750. The highest BCUT2D eigenvalue weighted by Crippen LogP contribution is 2.40. The van der Waals surface area contributed by atoms with Crippen molar-refractivity contribution in [2.45, 2.75) is 52.9 Å². The van der Waals surface area contributed by atoms with Gasteiger partial charge in [0.05, 0.1) is 30.4 Å². The molecule has 8 nitrogen and oxygen atoms in total. The predicted molar refractivity (Wildman–Crippen MR) is 102 cm³/mol. The number of esters is 1. The maximum atomic E-state index is 13.4. The van der Waals surface area contributed by atoms with Crippen LogP contribution in [0, 0.1) is 25.7 Å². The van der Waals surface area contributed by atoms with E-state index in [2.05, 4.69) is 5.10 Å². The van der Waals surface area contributed by atoms with Gasteiger partial charge in [0, 0.05) is 25.8 Å². The SMILES string of the molecule is CCOC(=O)[C@@H]1C[C@H]1CN(C[C@@H]1COC(C)(C)O1)C(=O)c1c(C)nn(C)c1C. The molecule has 156 valence electrons. The molecule has 0 unspecified atom stereocenters. The second kappa shape index (κ2) is 7.83. The maximum Gasteiger partial charge on any atom is 0.309 e. The fourth-order valence-electron chi connectivity index (χ4n) is 3.85. The van der Waals surface area contributed by atoms with E-state index in [1.165, 1.54) is 0 Å². The van der Waals surface area contributed by atoms with Crippen LogP contribution in [-0.4, -0.2) is 64.8 Å². The Balaban J connectivity index is 1.75. The van der Waals surface area contributed by atoms with Crippen LogP contribution in [0.25, 0.3) is 0 Å². The topological polar surface area (TPSA) is 82.9 Å². The first-order chi connectivity index (χ1) is 13.1. The van der Waals surface area contributed by atoms with E-state index in [1.807, 2.05) is 34.7 Å². The van der Waals surface area contributed by atoms with Crippen LogP contribution in [0.4, 0.5) is 0 Å². The van der Waals surface area contributed by atoms with Gasteiger partial charge >= 0.3 is 5.97 Å². The first-order valence-corrected chi connectivity index (χ1v) is 9.90. The summed E-state index contributed by atoms with van der Waals surface area (Å²) in [5.74, 6) is -0.896. The third-order valence-electron chi connectivity index (χ3n) is 5.47. The van der Waals surface area contributed by atoms with Crippen LogP contribution in [0.15, 0.2) is 0 Å². The van der Waals surface area contributed by atoms with Gasteiger partial charge in [-0.05, 0) is 47.0 Å². The lowest BCUT2D eigenvalue weighted by Gasteiger charge is -2.26. The monoisotopic (exact) mass is 393 g/mol. The van der Waals surface area contributed by atoms with E-state index >= 15 is 0 Å². The molecule has 0 aromatic carbocycles. The average molecular weight is 393 g/mol. The van der Waals surface area contributed by atoms with E-state index in [0.717, 1.165) is 12.1 Å². The summed E-state index contributed by atoms with van der Waals surface area (Å²) in [5, 5.41) is 4.37. The van der Waals surface area contributed by atoms with Gasteiger partial charge < -0.3 is 19.1 Å². The summed E-state index contributed by atoms with van der Waals surface area (Å²) in [6.45, 7) is 11.0. The van der Waals surface area contributed by atoms with Gasteiger partial charge in [-0.15, -0.1) is 0 Å². The number of hydrogen-bond acceptors (Lipinski definition) is 6. The van der Waals surface area contributed by atoms with Crippen LogP contribution < -0.4 is 0 Å². The molecular weight excluding hydrogens is 362 g/mol. The molecule has 1 aliphatic carbocycles. The molecule has 0 N–H and O–H groups in total. The van der Waals surface area contributed by atoms with Crippen LogP contribution in [0.3, 0.4) is 0 Å². The standard InChI is InChI=1S/C20H31N3O5/c1-7-26-19(25)16-8-14(16)9-23(10-15-11-27-20(4,5)28-15)18(24)17-12(2)21-22(6)13(17)3/h14-16H,7-11H2,1-6H3/t14-,15+,16+/m0/s1. The van der Waals surface area contributed by atoms with Crippen molar-refractivity contribution in [1.82, 2.24) is 14.7 Å². The first-order valence-electron chi connectivity index (χ1n) is 9.90. The number of aromatic nitrogens is 2. The van der Waals surface area contributed by atoms with Gasteiger partial charge in [0.25, 0.3) is 5.91 Å². The van der Waals surface area contributed by atoms with Gasteiger partial charge in [-0.3, -0.25) is 14.3 Å². The van der Waals surface area contributed by atoms with Crippen molar-refractivity contribution in [3.8, 4) is 0 Å². The van der Waals surface area contributed by atoms with Crippen molar-refractivity contribution in [2.24, 2.45) is 18.9 Å². The van der Waals surface area contributed by atoms with Gasteiger partial charge in [0.1, 0.15) is 6.10 Å². The van der Waals surface area contributed by atoms with Crippen LogP contribution in [0.2, 0.25) is 0 Å². The lowest BCUT2D eigenvalue weighted by molar-refractivity contribution is -0.145. The minimum absolute atomic E-state index is 0.0779. The normalized spacial score (nSPS) is 25.6. The zero-order valence-electron chi connectivity index (χ0n) is 17.7. The Bertz CT molecular complexity index is 757. The van der Waals surface area contributed by atoms with Gasteiger partial charge in [0.2, 0.25) is 0 Å². The Labute approximate surface area is 166 Å². The van der Waals surface area contributed by atoms with Gasteiger partial charge in [-0.1, -0.05) is 0 Å². The molecule has 3 atom stereocenters. The van der Waals surface area contributed by atoms with Crippen molar-refractivity contribution < 1.29 is 23.8 Å². The van der Waals surface area contributed by atoms with E-state index in [0.29, 0.717) is 37.6 Å². The molecule has 2 aliphatic rings. The number of nitrogens with zero attached hydrogens (tertiary/aromatic N) is 3. The smallest absolute Gasteiger partial charge is 0.309 e. The van der Waals surface area contributed by atoms with Crippen molar-refractivity contribution >= 4 is 11.9 Å². The molecule has 8 heteroatoms. The molecule has 0 bridgehead atoms. The minimum atomic E-state index is -0.646. The molecule has 2 heterocycles. The quantitative estimate of drug-likeness (QED) is 0.658. The van der Waals surface area contributed by atoms with E-state index in [4.69, 9.17) is 14.2 Å². The maximum absolute atomic E-state index is 13.4. The molecule has 0 radical (unpaired) electrons. The zero-order valence-corrected chi connectivity index (χ0v) is 17.7. The van der Waals surface area contributed by atoms with Gasteiger partial charge in [-0.2, -0.15) is 5.10 Å². The van der Waals surface area contributed by atoms with Crippen molar-refractivity contribution in [2.75, 3.05) is 26.3 Å². The number of carbonyl (C=O) groups is 2. The highest BCUT2D eigenvalue weighted by molar-refractivity contribution is 5.96. The number of hydrogen-bond donors (Lipinski definition) is 0. The molecule has 1 amide bonds. The Morgan fingerprint density at radius 3 is 2.57 bits per heavy atom. The number of aryl methyl sites for hydroxylation is 2. The average Bonchev–Trinajstić information content (AvgIpc) is 3.22. The Hall–Kier alpha value is -1.93. The number of amides is 1. The third-order valence-corrected chi connectivity index (χ3v) is 5.47. The number of ether oxygens (including phenoxy) is 3. The van der Waals surface area contributed by atoms with E-state index in [1.54, 1.807) is 16.5 Å². The van der Waals surface area contributed by atoms with Crippen molar-refractivity contribution in [3.63, 3.8) is 0 Å². The molecule has 0 spiro atoms. The molecule has 2 fully saturated rings. The van der Waals surface area contributed by atoms with E-state index in [9.17, 15) is 9.59 Å². The Morgan fingerprint density at radius 1 is 1.32 bits per heavy atom. The van der Waals surface area contributed by atoms with E-state index < -0.39 is 5.79 Å².